The Morgan fingerprint density at radius 3 is 2.45 bits per heavy atom. The number of halogens is 1. The van der Waals surface area contributed by atoms with E-state index in [0.717, 1.165) is 15.1 Å². The van der Waals surface area contributed by atoms with E-state index >= 15 is 0 Å². The number of anilines is 1. The summed E-state index contributed by atoms with van der Waals surface area (Å²) >= 11 is 2.26. The Labute approximate surface area is 131 Å². The van der Waals surface area contributed by atoms with Gasteiger partial charge in [-0.2, -0.15) is 0 Å². The number of methoxy groups -OCH3 is 1. The molecule has 106 valence electrons. The Balaban J connectivity index is 2.52. The second-order valence-electron chi connectivity index (χ2n) is 4.46. The topological polar surface area (TPSA) is 72.8 Å². The van der Waals surface area contributed by atoms with Crippen molar-refractivity contribution in [3.8, 4) is 17.4 Å². The smallest absolute Gasteiger partial charge is 0.233 e. The maximum absolute atomic E-state index is 5.00. The van der Waals surface area contributed by atoms with E-state index in [4.69, 9.17) is 4.74 Å². The predicted octanol–water partition coefficient (Wildman–Crippen LogP) is 2.71. The van der Waals surface area contributed by atoms with Gasteiger partial charge in [-0.1, -0.05) is 13.8 Å². The molecule has 0 aromatic carbocycles. The minimum Gasteiger partial charge on any atom is -0.480 e. The number of hydrogen-bond acceptors (Lipinski definition) is 6. The molecule has 20 heavy (non-hydrogen) atoms. The molecule has 0 fully saturated rings. The minimum absolute atomic E-state index is 0.307. The van der Waals surface area contributed by atoms with Crippen LogP contribution in [0.2, 0.25) is 0 Å². The first kappa shape index (κ1) is 14.9. The van der Waals surface area contributed by atoms with Crippen molar-refractivity contribution >= 4 is 28.4 Å². The van der Waals surface area contributed by atoms with Crippen molar-refractivity contribution < 1.29 is 4.74 Å². The highest BCUT2D eigenvalue weighted by Gasteiger charge is 2.16. The Hall–Kier alpha value is -1.51. The summed E-state index contributed by atoms with van der Waals surface area (Å²) in [5, 5.41) is 11.1. The third kappa shape index (κ3) is 2.97. The molecular formula is C13H16IN5O. The van der Waals surface area contributed by atoms with Crippen molar-refractivity contribution in [2.24, 2.45) is 0 Å². The van der Waals surface area contributed by atoms with Gasteiger partial charge in [-0.3, -0.25) is 0 Å². The fourth-order valence-corrected chi connectivity index (χ4v) is 2.81. The number of nitrogens with one attached hydrogen (secondary N) is 1. The molecule has 0 spiro atoms. The molecular weight excluding hydrogens is 369 g/mol. The number of ether oxygens (including phenoxy) is 1. The van der Waals surface area contributed by atoms with Gasteiger partial charge in [0.2, 0.25) is 5.88 Å². The van der Waals surface area contributed by atoms with Crippen molar-refractivity contribution in [2.45, 2.75) is 19.8 Å². The van der Waals surface area contributed by atoms with Crippen molar-refractivity contribution in [1.82, 2.24) is 20.2 Å². The van der Waals surface area contributed by atoms with Crippen LogP contribution < -0.4 is 10.1 Å². The lowest BCUT2D eigenvalue weighted by Crippen LogP contribution is -2.07. The molecule has 6 nitrogen and oxygen atoms in total. The van der Waals surface area contributed by atoms with E-state index in [2.05, 4.69) is 61.9 Å². The number of nitrogens with zero attached hydrogens (tertiary/aromatic N) is 4. The maximum Gasteiger partial charge on any atom is 0.233 e. The molecule has 0 aliphatic rings. The molecule has 0 atom stereocenters. The lowest BCUT2D eigenvalue weighted by atomic mass is 10.1. The first-order chi connectivity index (χ1) is 9.56. The summed E-state index contributed by atoms with van der Waals surface area (Å²) in [5.74, 6) is 2.14. The molecule has 0 radical (unpaired) electrons. The molecule has 2 aromatic heterocycles. The van der Waals surface area contributed by atoms with Gasteiger partial charge in [0.25, 0.3) is 0 Å². The van der Waals surface area contributed by atoms with Crippen molar-refractivity contribution in [2.75, 3.05) is 19.5 Å². The van der Waals surface area contributed by atoms with Crippen LogP contribution >= 0.6 is 22.6 Å². The molecule has 2 rings (SSSR count). The first-order valence-electron chi connectivity index (χ1n) is 6.20. The summed E-state index contributed by atoms with van der Waals surface area (Å²) in [5.41, 5.74) is 1.62. The van der Waals surface area contributed by atoms with E-state index in [9.17, 15) is 0 Å². The zero-order chi connectivity index (χ0) is 14.7. The average Bonchev–Trinajstić information content (AvgIpc) is 2.47. The fraction of sp³-hybridized carbons (Fsp3) is 0.385. The lowest BCUT2D eigenvalue weighted by Gasteiger charge is -2.13. The first-order valence-corrected chi connectivity index (χ1v) is 7.28. The van der Waals surface area contributed by atoms with Gasteiger partial charge in [-0.25, -0.2) is 9.97 Å². The molecule has 0 amide bonds. The molecule has 0 saturated carbocycles. The van der Waals surface area contributed by atoms with Crippen LogP contribution in [0, 0.1) is 3.57 Å². The van der Waals surface area contributed by atoms with Gasteiger partial charge in [0.05, 0.1) is 16.4 Å². The monoisotopic (exact) mass is 385 g/mol. The highest BCUT2D eigenvalue weighted by molar-refractivity contribution is 14.1. The van der Waals surface area contributed by atoms with Gasteiger partial charge in [0, 0.05) is 13.1 Å². The Morgan fingerprint density at radius 2 is 1.95 bits per heavy atom. The zero-order valence-corrected chi connectivity index (χ0v) is 14.0. The van der Waals surface area contributed by atoms with Gasteiger partial charge < -0.3 is 10.1 Å². The van der Waals surface area contributed by atoms with E-state index in [1.54, 1.807) is 19.2 Å². The van der Waals surface area contributed by atoms with Crippen molar-refractivity contribution in [3.63, 3.8) is 0 Å². The predicted molar refractivity (Wildman–Crippen MR) is 86.0 cm³/mol. The summed E-state index contributed by atoms with van der Waals surface area (Å²) in [4.78, 5) is 9.09. The third-order valence-electron chi connectivity index (χ3n) is 2.74. The molecule has 0 aliphatic heterocycles. The maximum atomic E-state index is 5.00. The summed E-state index contributed by atoms with van der Waals surface area (Å²) in [6.07, 6.45) is 0. The van der Waals surface area contributed by atoms with E-state index in [0.29, 0.717) is 23.3 Å². The quantitative estimate of drug-likeness (QED) is 0.817. The summed E-state index contributed by atoms with van der Waals surface area (Å²) in [6.45, 7) is 4.21. The van der Waals surface area contributed by atoms with Crippen molar-refractivity contribution in [3.05, 3.63) is 21.4 Å². The van der Waals surface area contributed by atoms with Crippen LogP contribution in [0.15, 0.2) is 12.1 Å². The number of aromatic nitrogens is 4. The second-order valence-corrected chi connectivity index (χ2v) is 5.54. The Morgan fingerprint density at radius 1 is 1.20 bits per heavy atom. The van der Waals surface area contributed by atoms with Crippen LogP contribution in [0.25, 0.3) is 11.5 Å². The highest BCUT2D eigenvalue weighted by Crippen LogP contribution is 2.27. The van der Waals surface area contributed by atoms with Crippen LogP contribution in [0.5, 0.6) is 5.88 Å². The third-order valence-corrected chi connectivity index (χ3v) is 3.80. The highest BCUT2D eigenvalue weighted by atomic mass is 127. The van der Waals surface area contributed by atoms with Crippen LogP contribution in [-0.4, -0.2) is 34.3 Å². The zero-order valence-electron chi connectivity index (χ0n) is 11.8. The lowest BCUT2D eigenvalue weighted by molar-refractivity contribution is 0.392. The van der Waals surface area contributed by atoms with Crippen LogP contribution in [0.3, 0.4) is 0 Å². The summed E-state index contributed by atoms with van der Waals surface area (Å²) in [7, 11) is 3.40. The molecule has 0 bridgehead atoms. The van der Waals surface area contributed by atoms with Gasteiger partial charge in [-0.15, -0.1) is 10.2 Å². The largest absolute Gasteiger partial charge is 0.480 e. The molecule has 0 unspecified atom stereocenters. The summed E-state index contributed by atoms with van der Waals surface area (Å²) < 4.78 is 6.04. The molecule has 2 heterocycles. The molecule has 0 aliphatic carbocycles. The fourth-order valence-electron chi connectivity index (χ4n) is 1.68. The van der Waals surface area contributed by atoms with Crippen LogP contribution in [0.1, 0.15) is 25.5 Å². The molecule has 7 heteroatoms. The van der Waals surface area contributed by atoms with Gasteiger partial charge in [0.15, 0.2) is 5.82 Å². The summed E-state index contributed by atoms with van der Waals surface area (Å²) in [6, 6.07) is 3.55. The number of rotatable bonds is 4. The van der Waals surface area contributed by atoms with Crippen LogP contribution in [-0.2, 0) is 0 Å². The van der Waals surface area contributed by atoms with Gasteiger partial charge in [0.1, 0.15) is 11.5 Å². The standard InChI is InChI=1S/C13H16IN5O/c1-7(2)11-10(14)13(15-3)17-12(16-11)8-5-6-9(20-4)19-18-8/h5-7H,1-4H3,(H,15,16,17). The molecule has 2 aromatic rings. The van der Waals surface area contributed by atoms with Gasteiger partial charge >= 0.3 is 0 Å². The van der Waals surface area contributed by atoms with E-state index < -0.39 is 0 Å². The average molecular weight is 385 g/mol. The molecule has 1 N–H and O–H groups in total. The normalized spacial score (nSPS) is 10.7. The van der Waals surface area contributed by atoms with E-state index in [1.165, 1.54) is 0 Å². The van der Waals surface area contributed by atoms with Crippen molar-refractivity contribution in [1.29, 1.82) is 0 Å². The van der Waals surface area contributed by atoms with Crippen LogP contribution in [0.4, 0.5) is 5.82 Å². The molecule has 0 saturated heterocycles. The Bertz CT molecular complexity index is 600. The van der Waals surface area contributed by atoms with E-state index in [-0.39, 0.29) is 0 Å². The minimum atomic E-state index is 0.307. The van der Waals surface area contributed by atoms with E-state index in [1.807, 2.05) is 7.05 Å². The second kappa shape index (κ2) is 6.29. The number of hydrogen-bond donors (Lipinski definition) is 1. The SMILES string of the molecule is CNc1nc(-c2ccc(OC)nn2)nc(C(C)C)c1I. The Kier molecular flexibility index (Phi) is 4.69. The van der Waals surface area contributed by atoms with Gasteiger partial charge in [-0.05, 0) is 34.6 Å².